The van der Waals surface area contributed by atoms with Crippen LogP contribution in [0.15, 0.2) is 16.4 Å². The molecule has 1 aliphatic heterocycles. The van der Waals surface area contributed by atoms with Crippen LogP contribution in [0.3, 0.4) is 0 Å². The summed E-state index contributed by atoms with van der Waals surface area (Å²) in [5.74, 6) is -1.51. The van der Waals surface area contributed by atoms with E-state index in [0.29, 0.717) is 0 Å². The van der Waals surface area contributed by atoms with Gasteiger partial charge >= 0.3 is 0 Å². The van der Waals surface area contributed by atoms with Crippen LogP contribution < -0.4 is 32.7 Å². The lowest BCUT2D eigenvalue weighted by atomic mass is 9.98. The summed E-state index contributed by atoms with van der Waals surface area (Å²) in [6.07, 6.45) is 1.15. The highest BCUT2D eigenvalue weighted by Crippen LogP contribution is 2.07. The Bertz CT molecular complexity index is 642. The molecule has 0 bridgehead atoms. The number of hydrogen-bond acceptors (Lipinski definition) is 8. The smallest absolute Gasteiger partial charge is 0.270 e. The fraction of sp³-hybridized carbons (Fsp3) is 0.500. The van der Waals surface area contributed by atoms with Crippen LogP contribution in [0.5, 0.6) is 0 Å². The minimum Gasteiger partial charge on any atom is -0.393 e. The number of nitrogens with one attached hydrogen (secondary N) is 4. The highest BCUT2D eigenvalue weighted by atomic mass is 32.1. The van der Waals surface area contributed by atoms with Gasteiger partial charge in [-0.1, -0.05) is 12.2 Å². The van der Waals surface area contributed by atoms with E-state index >= 15 is 0 Å². The Morgan fingerprint density at radius 3 is 2.62 bits per heavy atom. The Morgan fingerprint density at radius 2 is 2.12 bits per heavy atom. The molecule has 12 heteroatoms. The molecule has 0 aliphatic carbocycles. The molecule has 9 N–H and O–H groups in total. The van der Waals surface area contributed by atoms with Crippen LogP contribution in [-0.2, 0) is 14.4 Å². The second-order valence-electron chi connectivity index (χ2n) is 5.92. The molecule has 2 atom stereocenters. The second-order valence-corrected chi connectivity index (χ2v) is 6.15. The van der Waals surface area contributed by atoms with Gasteiger partial charge in [0.2, 0.25) is 11.8 Å². The number of carbonyl (C=O) groups excluding carboxylic acids is 3. The number of rotatable bonds is 9. The standard InChI is InChI=1S/C14H23N7O4S/c1-14(2,25)19-6-18-8(5-26)10(16)12(23)21-11-7(20-13(11)24)4-17-9(22)3-15/h5-7,11,25H,3-4,15-16H2,1-2H3,(H,17,22)(H,18,19)(H,20,24)(H,21,23)/t7-,11+/m1/s1. The molecular weight excluding hydrogens is 362 g/mol. The fourth-order valence-corrected chi connectivity index (χ4v) is 2.04. The predicted molar refractivity (Wildman–Crippen MR) is 98.7 cm³/mol. The van der Waals surface area contributed by atoms with Crippen LogP contribution in [-0.4, -0.2) is 65.4 Å². The van der Waals surface area contributed by atoms with Crippen LogP contribution in [0.1, 0.15) is 13.8 Å². The summed E-state index contributed by atoms with van der Waals surface area (Å²) in [5, 5.41) is 20.7. The average molecular weight is 385 g/mol. The van der Waals surface area contributed by atoms with Crippen LogP contribution in [0, 0.1) is 0 Å². The molecule has 144 valence electrons. The molecule has 1 fully saturated rings. The first-order valence-corrected chi connectivity index (χ1v) is 8.11. The summed E-state index contributed by atoms with van der Waals surface area (Å²) < 4.78 is 0. The maximum atomic E-state index is 12.2. The normalized spacial score (nSPS) is 20.5. The van der Waals surface area contributed by atoms with Gasteiger partial charge < -0.3 is 37.8 Å². The number of amides is 3. The van der Waals surface area contributed by atoms with Gasteiger partial charge in [0.25, 0.3) is 5.91 Å². The third kappa shape index (κ3) is 6.38. The summed E-state index contributed by atoms with van der Waals surface area (Å²) in [6.45, 7) is 2.86. The average Bonchev–Trinajstić information content (AvgIpc) is 2.57. The first-order chi connectivity index (χ1) is 12.1. The Balaban J connectivity index is 2.70. The molecular formula is C14H23N7O4S. The second kappa shape index (κ2) is 9.22. The molecule has 11 nitrogen and oxygen atoms in total. The molecule has 0 radical (unpaired) electrons. The maximum Gasteiger partial charge on any atom is 0.270 e. The molecule has 0 aromatic heterocycles. The fourth-order valence-electron chi connectivity index (χ4n) is 1.85. The number of nitrogens with two attached hydrogens (primary N) is 2. The molecule has 26 heavy (non-hydrogen) atoms. The molecule has 1 rings (SSSR count). The Labute approximate surface area is 155 Å². The third-order valence-corrected chi connectivity index (χ3v) is 3.49. The summed E-state index contributed by atoms with van der Waals surface area (Å²) in [4.78, 5) is 38.8. The quantitative estimate of drug-likeness (QED) is 0.0702. The van der Waals surface area contributed by atoms with Crippen molar-refractivity contribution < 1.29 is 19.5 Å². The molecule has 0 spiro atoms. The van der Waals surface area contributed by atoms with Crippen molar-refractivity contribution in [3.63, 3.8) is 0 Å². The number of carbonyl (C=O) groups is 3. The van der Waals surface area contributed by atoms with Gasteiger partial charge in [0.1, 0.15) is 11.7 Å². The zero-order valence-corrected chi connectivity index (χ0v) is 15.2. The lowest BCUT2D eigenvalue weighted by Gasteiger charge is -2.37. The van der Waals surface area contributed by atoms with Gasteiger partial charge in [0.15, 0.2) is 5.72 Å². The zero-order valence-electron chi connectivity index (χ0n) is 14.4. The molecule has 0 aromatic rings. The van der Waals surface area contributed by atoms with Crippen LogP contribution >= 0.6 is 12.2 Å². The maximum absolute atomic E-state index is 12.2. The number of nitrogens with zero attached hydrogens (tertiary/aromatic N) is 1. The number of aliphatic imine (C=N–C) groups is 1. The van der Waals surface area contributed by atoms with Crippen LogP contribution in [0.25, 0.3) is 0 Å². The van der Waals surface area contributed by atoms with E-state index in [0.717, 1.165) is 11.7 Å². The van der Waals surface area contributed by atoms with Crippen LogP contribution in [0.4, 0.5) is 0 Å². The first kappa shape index (κ1) is 21.5. The first-order valence-electron chi connectivity index (χ1n) is 7.64. The zero-order chi connectivity index (χ0) is 19.9. The van der Waals surface area contributed by atoms with Crippen molar-refractivity contribution in [2.45, 2.75) is 31.7 Å². The Morgan fingerprint density at radius 1 is 1.46 bits per heavy atom. The highest BCUT2D eigenvalue weighted by molar-refractivity contribution is 7.79. The summed E-state index contributed by atoms with van der Waals surface area (Å²) in [6, 6.07) is -1.33. The van der Waals surface area contributed by atoms with E-state index in [4.69, 9.17) is 23.7 Å². The van der Waals surface area contributed by atoms with Gasteiger partial charge in [-0.3, -0.25) is 14.4 Å². The van der Waals surface area contributed by atoms with Crippen molar-refractivity contribution in [3.8, 4) is 0 Å². The van der Waals surface area contributed by atoms with Crippen molar-refractivity contribution in [3.05, 3.63) is 11.4 Å². The van der Waals surface area contributed by atoms with E-state index in [1.165, 1.54) is 13.8 Å². The SMILES string of the molecule is CC(C)(O)N=CNC(C=S)=C(N)C(=O)N[C@@H]1C(=O)N[C@@H]1CNC(=O)CN. The van der Waals surface area contributed by atoms with Gasteiger partial charge in [-0.2, -0.15) is 0 Å². The molecule has 0 unspecified atom stereocenters. The van der Waals surface area contributed by atoms with E-state index in [9.17, 15) is 19.5 Å². The van der Waals surface area contributed by atoms with Gasteiger partial charge in [-0.25, -0.2) is 4.99 Å². The van der Waals surface area contributed by atoms with E-state index in [1.807, 2.05) is 0 Å². The summed E-state index contributed by atoms with van der Waals surface area (Å²) in [5.41, 5.74) is 9.45. The number of aliphatic hydroxyl groups is 1. The van der Waals surface area contributed by atoms with Crippen molar-refractivity contribution in [1.29, 1.82) is 0 Å². The van der Waals surface area contributed by atoms with E-state index in [1.54, 1.807) is 0 Å². The van der Waals surface area contributed by atoms with Crippen molar-refractivity contribution in [1.82, 2.24) is 21.3 Å². The van der Waals surface area contributed by atoms with E-state index < -0.39 is 29.6 Å². The van der Waals surface area contributed by atoms with Crippen LogP contribution in [0.2, 0.25) is 0 Å². The molecule has 0 saturated carbocycles. The Kier molecular flexibility index (Phi) is 7.61. The van der Waals surface area contributed by atoms with Crippen molar-refractivity contribution in [2.24, 2.45) is 16.5 Å². The summed E-state index contributed by atoms with van der Waals surface area (Å²) in [7, 11) is 0. The van der Waals surface area contributed by atoms with E-state index in [-0.39, 0.29) is 30.4 Å². The topological polar surface area (TPSA) is 184 Å². The minimum absolute atomic E-state index is 0.0817. The third-order valence-electron chi connectivity index (χ3n) is 3.26. The van der Waals surface area contributed by atoms with Crippen molar-refractivity contribution in [2.75, 3.05) is 13.1 Å². The largest absolute Gasteiger partial charge is 0.393 e. The number of thiocarbonyl (C=S) groups is 1. The molecule has 1 aliphatic rings. The van der Waals surface area contributed by atoms with E-state index in [2.05, 4.69) is 26.3 Å². The monoisotopic (exact) mass is 385 g/mol. The van der Waals surface area contributed by atoms with Crippen molar-refractivity contribution >= 4 is 41.6 Å². The number of hydrogen-bond donors (Lipinski definition) is 7. The molecule has 3 amide bonds. The molecule has 1 saturated heterocycles. The molecule has 1 heterocycles. The minimum atomic E-state index is -1.30. The molecule has 0 aromatic carbocycles. The predicted octanol–water partition coefficient (Wildman–Crippen LogP) is -3.44. The van der Waals surface area contributed by atoms with Gasteiger partial charge in [0.05, 0.1) is 24.6 Å². The lowest BCUT2D eigenvalue weighted by molar-refractivity contribution is -0.135. The van der Waals surface area contributed by atoms with Gasteiger partial charge in [-0.15, -0.1) is 0 Å². The van der Waals surface area contributed by atoms with Gasteiger partial charge in [0, 0.05) is 11.9 Å². The number of allylic oxidation sites excluding steroid dienone is 1. The lowest BCUT2D eigenvalue weighted by Crippen LogP contribution is -2.72. The van der Waals surface area contributed by atoms with Gasteiger partial charge in [-0.05, 0) is 13.8 Å². The number of β-lactam (4-membered cyclic amide) rings is 1. The Hall–Kier alpha value is -2.57. The summed E-state index contributed by atoms with van der Waals surface area (Å²) >= 11 is 4.79. The highest BCUT2D eigenvalue weighted by Gasteiger charge is 2.40.